The van der Waals surface area contributed by atoms with Crippen LogP contribution in [0.25, 0.3) is 0 Å². The molecular formula is C24H23N3O3S. The molecule has 2 aliphatic rings. The average Bonchev–Trinajstić information content (AvgIpc) is 2.96. The molecule has 31 heavy (non-hydrogen) atoms. The predicted octanol–water partition coefficient (Wildman–Crippen LogP) is 4.27. The molecule has 1 unspecified atom stereocenters. The Hall–Kier alpha value is -3.16. The summed E-state index contributed by atoms with van der Waals surface area (Å²) in [6.45, 7) is 3.43. The topological polar surface area (TPSA) is 62.2 Å². The molecule has 0 N–H and O–H groups in total. The Labute approximate surface area is 182 Å². The van der Waals surface area contributed by atoms with E-state index < -0.39 is 10.0 Å². The number of piperazine rings is 1. The summed E-state index contributed by atoms with van der Waals surface area (Å²) >= 11 is 0. The summed E-state index contributed by atoms with van der Waals surface area (Å²) < 4.78 is 34.0. The number of aliphatic imine (C=N–C) groups is 1. The van der Waals surface area contributed by atoms with Gasteiger partial charge in [0, 0.05) is 25.7 Å². The molecule has 3 aromatic rings. The molecule has 3 aromatic carbocycles. The fraction of sp³-hybridized carbons (Fsp3) is 0.208. The molecule has 6 nitrogen and oxygen atoms in total. The lowest BCUT2D eigenvalue weighted by Gasteiger charge is -2.40. The predicted molar refractivity (Wildman–Crippen MR) is 121 cm³/mol. The Morgan fingerprint density at radius 1 is 0.871 bits per heavy atom. The molecule has 0 spiro atoms. The van der Waals surface area contributed by atoms with Crippen molar-refractivity contribution in [3.05, 3.63) is 84.4 Å². The number of fused-ring (bicyclic) bond motifs is 2. The van der Waals surface area contributed by atoms with Gasteiger partial charge in [0.2, 0.25) is 10.0 Å². The molecule has 0 saturated carbocycles. The van der Waals surface area contributed by atoms with Crippen molar-refractivity contribution in [1.82, 2.24) is 9.21 Å². The quantitative estimate of drug-likeness (QED) is 0.606. The van der Waals surface area contributed by atoms with Gasteiger partial charge in [-0.25, -0.2) is 13.4 Å². The molecular weight excluding hydrogens is 410 g/mol. The molecule has 0 aromatic heterocycles. The maximum Gasteiger partial charge on any atom is 0.243 e. The van der Waals surface area contributed by atoms with E-state index in [-0.39, 0.29) is 6.04 Å². The molecule has 1 atom stereocenters. The zero-order valence-electron chi connectivity index (χ0n) is 17.2. The second-order valence-corrected chi connectivity index (χ2v) is 9.62. The van der Waals surface area contributed by atoms with Gasteiger partial charge in [0.1, 0.15) is 17.3 Å². The molecule has 158 valence electrons. The third-order valence-electron chi connectivity index (χ3n) is 5.66. The Morgan fingerprint density at radius 2 is 1.55 bits per heavy atom. The third kappa shape index (κ3) is 3.60. The zero-order chi connectivity index (χ0) is 21.4. The van der Waals surface area contributed by atoms with Crippen LogP contribution in [0.15, 0.2) is 88.8 Å². The molecule has 0 amide bonds. The van der Waals surface area contributed by atoms with Gasteiger partial charge in [0.15, 0.2) is 5.75 Å². The van der Waals surface area contributed by atoms with Crippen LogP contribution in [-0.2, 0) is 10.0 Å². The van der Waals surface area contributed by atoms with Gasteiger partial charge in [-0.15, -0.1) is 0 Å². The van der Waals surface area contributed by atoms with Crippen LogP contribution >= 0.6 is 0 Å². The number of benzene rings is 3. The Balaban J connectivity index is 1.48. The number of rotatable bonds is 2. The maximum atomic E-state index is 13.2. The van der Waals surface area contributed by atoms with E-state index in [0.29, 0.717) is 30.3 Å². The van der Waals surface area contributed by atoms with E-state index in [1.807, 2.05) is 61.5 Å². The molecule has 1 fully saturated rings. The van der Waals surface area contributed by atoms with E-state index in [4.69, 9.17) is 9.73 Å². The number of nitrogens with zero attached hydrogens (tertiary/aromatic N) is 3. The number of amidine groups is 1. The summed E-state index contributed by atoms with van der Waals surface area (Å²) in [4.78, 5) is 7.42. The van der Waals surface area contributed by atoms with Crippen LogP contribution in [0.2, 0.25) is 0 Å². The number of hydrogen-bond acceptors (Lipinski definition) is 5. The lowest BCUT2D eigenvalue weighted by Crippen LogP contribution is -2.55. The highest BCUT2D eigenvalue weighted by atomic mass is 32.2. The van der Waals surface area contributed by atoms with Gasteiger partial charge >= 0.3 is 0 Å². The highest BCUT2D eigenvalue weighted by molar-refractivity contribution is 7.89. The first-order chi connectivity index (χ1) is 15.0. The minimum atomic E-state index is -3.54. The second kappa shape index (κ2) is 7.83. The highest BCUT2D eigenvalue weighted by Crippen LogP contribution is 2.38. The van der Waals surface area contributed by atoms with E-state index in [9.17, 15) is 8.42 Å². The van der Waals surface area contributed by atoms with Crippen molar-refractivity contribution < 1.29 is 13.2 Å². The van der Waals surface area contributed by atoms with Crippen molar-refractivity contribution in [2.45, 2.75) is 17.9 Å². The first-order valence-electron chi connectivity index (χ1n) is 10.3. The smallest absolute Gasteiger partial charge is 0.243 e. The van der Waals surface area contributed by atoms with Crippen molar-refractivity contribution >= 4 is 21.5 Å². The minimum absolute atomic E-state index is 0.201. The second-order valence-electron chi connectivity index (χ2n) is 7.73. The molecule has 5 rings (SSSR count). The largest absolute Gasteiger partial charge is 0.454 e. The summed E-state index contributed by atoms with van der Waals surface area (Å²) in [6, 6.07) is 24.0. The summed E-state index contributed by atoms with van der Waals surface area (Å²) in [5.41, 5.74) is 1.67. The minimum Gasteiger partial charge on any atom is -0.454 e. The fourth-order valence-corrected chi connectivity index (χ4v) is 5.76. The van der Waals surface area contributed by atoms with Gasteiger partial charge < -0.3 is 9.64 Å². The van der Waals surface area contributed by atoms with Crippen molar-refractivity contribution in [1.29, 1.82) is 0 Å². The standard InChI is InChI=1S/C24H23N3O3S/c1-18-17-26(15-16-27(18)31(28,29)19-9-3-2-4-10-19)24-20-11-5-7-13-22(20)30-23-14-8-6-12-21(23)25-24/h2-14,18H,15-17H2,1H3. The van der Waals surface area contributed by atoms with Gasteiger partial charge in [0.25, 0.3) is 0 Å². The number of ether oxygens (including phenoxy) is 1. The number of sulfonamides is 1. The molecule has 2 heterocycles. The lowest BCUT2D eigenvalue weighted by molar-refractivity contribution is 0.206. The molecule has 7 heteroatoms. The Morgan fingerprint density at radius 3 is 2.32 bits per heavy atom. The SMILES string of the molecule is CC1CN(C2=Nc3ccccc3Oc3ccccc32)CCN1S(=O)(=O)c1ccccc1. The van der Waals surface area contributed by atoms with E-state index in [2.05, 4.69) is 4.90 Å². The van der Waals surface area contributed by atoms with Crippen molar-refractivity contribution in [3.63, 3.8) is 0 Å². The normalized spacial score (nSPS) is 18.9. The first kappa shape index (κ1) is 19.8. The van der Waals surface area contributed by atoms with Crippen LogP contribution in [-0.4, -0.2) is 49.1 Å². The van der Waals surface area contributed by atoms with Crippen molar-refractivity contribution in [3.8, 4) is 11.5 Å². The van der Waals surface area contributed by atoms with Crippen LogP contribution in [0.4, 0.5) is 5.69 Å². The number of para-hydroxylation sites is 3. The summed E-state index contributed by atoms with van der Waals surface area (Å²) in [7, 11) is -3.54. The van der Waals surface area contributed by atoms with Gasteiger partial charge in [-0.2, -0.15) is 4.31 Å². The fourth-order valence-electron chi connectivity index (χ4n) is 4.13. The highest BCUT2D eigenvalue weighted by Gasteiger charge is 2.35. The van der Waals surface area contributed by atoms with Crippen molar-refractivity contribution in [2.75, 3.05) is 19.6 Å². The van der Waals surface area contributed by atoms with Gasteiger partial charge in [0.05, 0.1) is 10.5 Å². The van der Waals surface area contributed by atoms with E-state index in [1.54, 1.807) is 28.6 Å². The molecule has 0 bridgehead atoms. The zero-order valence-corrected chi connectivity index (χ0v) is 18.0. The van der Waals surface area contributed by atoms with E-state index in [0.717, 1.165) is 22.8 Å². The van der Waals surface area contributed by atoms with Crippen LogP contribution in [0, 0.1) is 0 Å². The lowest BCUT2D eigenvalue weighted by atomic mass is 10.1. The molecule has 0 aliphatic carbocycles. The van der Waals surface area contributed by atoms with E-state index >= 15 is 0 Å². The summed E-state index contributed by atoms with van der Waals surface area (Å²) in [5, 5.41) is 0. The van der Waals surface area contributed by atoms with Crippen LogP contribution in [0.3, 0.4) is 0 Å². The number of hydrogen-bond donors (Lipinski definition) is 0. The van der Waals surface area contributed by atoms with Crippen molar-refractivity contribution in [2.24, 2.45) is 4.99 Å². The molecule has 0 radical (unpaired) electrons. The van der Waals surface area contributed by atoms with Crippen LogP contribution < -0.4 is 4.74 Å². The summed E-state index contributed by atoms with van der Waals surface area (Å²) in [6.07, 6.45) is 0. The maximum absolute atomic E-state index is 13.2. The molecule has 1 saturated heterocycles. The Bertz CT molecular complexity index is 1240. The van der Waals surface area contributed by atoms with Crippen LogP contribution in [0.5, 0.6) is 11.5 Å². The summed E-state index contributed by atoms with van der Waals surface area (Å²) in [5.74, 6) is 2.27. The average molecular weight is 434 g/mol. The molecule has 2 aliphatic heterocycles. The first-order valence-corrected chi connectivity index (χ1v) is 11.7. The monoisotopic (exact) mass is 433 g/mol. The van der Waals surface area contributed by atoms with Crippen LogP contribution in [0.1, 0.15) is 12.5 Å². The van der Waals surface area contributed by atoms with Gasteiger partial charge in [-0.3, -0.25) is 0 Å². The van der Waals surface area contributed by atoms with Gasteiger partial charge in [-0.05, 0) is 43.3 Å². The van der Waals surface area contributed by atoms with E-state index in [1.165, 1.54) is 0 Å². The van der Waals surface area contributed by atoms with Gasteiger partial charge in [-0.1, -0.05) is 42.5 Å². The Kier molecular flexibility index (Phi) is 5.00. The third-order valence-corrected chi connectivity index (χ3v) is 7.68.